The molecule has 0 aromatic rings. The van der Waals surface area contributed by atoms with Gasteiger partial charge in [-0.2, -0.15) is 0 Å². The van der Waals surface area contributed by atoms with Gasteiger partial charge in [-0.15, -0.1) is 0 Å². The van der Waals surface area contributed by atoms with Crippen molar-refractivity contribution >= 4 is 13.4 Å². The van der Waals surface area contributed by atoms with Crippen LogP contribution in [0.3, 0.4) is 0 Å². The van der Waals surface area contributed by atoms with Crippen LogP contribution in [0.25, 0.3) is 0 Å². The minimum Gasteiger partial charge on any atom is -0.428 e. The fourth-order valence-electron chi connectivity index (χ4n) is 1.06. The molecule has 3 N–H and O–H groups in total. The summed E-state index contributed by atoms with van der Waals surface area (Å²) in [6, 6.07) is 0. The van der Waals surface area contributed by atoms with Gasteiger partial charge in [-0.3, -0.25) is 4.79 Å². The lowest BCUT2D eigenvalue weighted by atomic mass is 9.75. The smallest absolute Gasteiger partial charge is 0.299 e. The van der Waals surface area contributed by atoms with Crippen molar-refractivity contribution in [2.75, 3.05) is 13.3 Å². The van der Waals surface area contributed by atoms with Crippen molar-refractivity contribution in [2.45, 2.75) is 18.7 Å². The van der Waals surface area contributed by atoms with Crippen molar-refractivity contribution in [3.8, 4) is 0 Å². The summed E-state index contributed by atoms with van der Waals surface area (Å²) in [5, 5.41) is 2.75. The van der Waals surface area contributed by atoms with Gasteiger partial charge < -0.3 is 15.7 Å². The summed E-state index contributed by atoms with van der Waals surface area (Å²) in [4.78, 5) is 10.7. The SMILES string of the molecule is NCO[B][C@H]1CCC(=O)NC1. The van der Waals surface area contributed by atoms with E-state index < -0.39 is 0 Å². The van der Waals surface area contributed by atoms with Gasteiger partial charge in [0.1, 0.15) is 0 Å². The van der Waals surface area contributed by atoms with Gasteiger partial charge in [-0.1, -0.05) is 0 Å². The first-order valence-corrected chi connectivity index (χ1v) is 3.74. The highest BCUT2D eigenvalue weighted by Gasteiger charge is 2.18. The van der Waals surface area contributed by atoms with Crippen LogP contribution < -0.4 is 11.1 Å². The minimum atomic E-state index is 0.127. The zero-order chi connectivity index (χ0) is 8.10. The van der Waals surface area contributed by atoms with Gasteiger partial charge in [0.2, 0.25) is 5.91 Å². The molecule has 0 aromatic carbocycles. The molecule has 1 aliphatic heterocycles. The highest BCUT2D eigenvalue weighted by molar-refractivity contribution is 6.29. The second-order valence-corrected chi connectivity index (χ2v) is 2.57. The van der Waals surface area contributed by atoms with Crippen LogP contribution in [0.2, 0.25) is 5.82 Å². The van der Waals surface area contributed by atoms with Gasteiger partial charge in [0, 0.05) is 13.0 Å². The van der Waals surface area contributed by atoms with Crippen LogP contribution >= 0.6 is 0 Å². The molecule has 1 heterocycles. The maximum atomic E-state index is 10.7. The van der Waals surface area contributed by atoms with Crippen LogP contribution in [0, 0.1) is 0 Å². The second-order valence-electron chi connectivity index (χ2n) is 2.57. The third kappa shape index (κ3) is 2.90. The fraction of sp³-hybridized carbons (Fsp3) is 0.833. The topological polar surface area (TPSA) is 64.3 Å². The van der Waals surface area contributed by atoms with E-state index in [1.54, 1.807) is 7.48 Å². The lowest BCUT2D eigenvalue weighted by molar-refractivity contribution is -0.122. The monoisotopic (exact) mass is 155 g/mol. The number of carbonyl (C=O) groups excluding carboxylic acids is 1. The highest BCUT2D eigenvalue weighted by Crippen LogP contribution is 2.14. The average molecular weight is 155 g/mol. The van der Waals surface area contributed by atoms with Gasteiger partial charge in [-0.05, 0) is 12.2 Å². The molecule has 1 amide bonds. The molecule has 0 spiro atoms. The van der Waals surface area contributed by atoms with Gasteiger partial charge in [0.05, 0.1) is 6.73 Å². The zero-order valence-corrected chi connectivity index (χ0v) is 6.38. The van der Waals surface area contributed by atoms with Crippen molar-refractivity contribution in [1.29, 1.82) is 0 Å². The summed E-state index contributed by atoms with van der Waals surface area (Å²) in [5.41, 5.74) is 5.13. The lowest BCUT2D eigenvalue weighted by Crippen LogP contribution is -2.35. The van der Waals surface area contributed by atoms with Crippen molar-refractivity contribution in [3.05, 3.63) is 0 Å². The van der Waals surface area contributed by atoms with E-state index in [4.69, 9.17) is 10.4 Å². The van der Waals surface area contributed by atoms with Crippen LogP contribution in [0.15, 0.2) is 0 Å². The number of carbonyl (C=O) groups is 1. The van der Waals surface area contributed by atoms with Gasteiger partial charge in [0.25, 0.3) is 7.48 Å². The molecular weight excluding hydrogens is 143 g/mol. The standard InChI is InChI=1S/C6H12BN2O2/c8-4-11-7-5-1-2-6(10)9-3-5/h5H,1-4,8H2,(H,9,10)/t5-/m0/s1. The predicted octanol–water partition coefficient (Wildman–Crippen LogP) is -0.763. The Morgan fingerprint density at radius 3 is 3.18 bits per heavy atom. The molecule has 4 nitrogen and oxygen atoms in total. The maximum Gasteiger partial charge on any atom is 0.299 e. The van der Waals surface area contributed by atoms with E-state index in [-0.39, 0.29) is 12.6 Å². The van der Waals surface area contributed by atoms with Crippen molar-refractivity contribution in [1.82, 2.24) is 5.32 Å². The van der Waals surface area contributed by atoms with Crippen LogP contribution in [-0.2, 0) is 9.45 Å². The number of amides is 1. The van der Waals surface area contributed by atoms with E-state index in [2.05, 4.69) is 5.32 Å². The molecular formula is C6H12BN2O2. The average Bonchev–Trinajstić information content (AvgIpc) is 2.04. The van der Waals surface area contributed by atoms with E-state index in [9.17, 15) is 4.79 Å². The molecule has 61 valence electrons. The Labute approximate surface area is 66.7 Å². The van der Waals surface area contributed by atoms with E-state index in [1.165, 1.54) is 0 Å². The molecule has 0 aromatic heterocycles. The van der Waals surface area contributed by atoms with Crippen LogP contribution in [-0.4, -0.2) is 26.7 Å². The molecule has 0 aliphatic carbocycles. The molecule has 1 fully saturated rings. The number of nitrogens with one attached hydrogen (secondary N) is 1. The maximum absolute atomic E-state index is 10.7. The van der Waals surface area contributed by atoms with E-state index in [0.717, 1.165) is 6.42 Å². The number of piperidine rings is 1. The Morgan fingerprint density at radius 2 is 2.64 bits per heavy atom. The Kier molecular flexibility index (Phi) is 3.39. The Bertz CT molecular complexity index is 133. The first-order chi connectivity index (χ1) is 5.33. The minimum absolute atomic E-state index is 0.127. The molecule has 5 heteroatoms. The van der Waals surface area contributed by atoms with Gasteiger partial charge >= 0.3 is 0 Å². The fourth-order valence-corrected chi connectivity index (χ4v) is 1.06. The molecule has 0 unspecified atom stereocenters. The summed E-state index contributed by atoms with van der Waals surface area (Å²) in [5.74, 6) is 0.457. The number of rotatable bonds is 3. The summed E-state index contributed by atoms with van der Waals surface area (Å²) in [6.45, 7) is 0.892. The normalized spacial score (nSPS) is 24.5. The molecule has 1 aliphatic rings. The first-order valence-electron chi connectivity index (χ1n) is 3.74. The number of hydrogen-bond acceptors (Lipinski definition) is 3. The molecule has 1 saturated heterocycles. The number of hydrogen-bond donors (Lipinski definition) is 2. The first kappa shape index (κ1) is 8.55. The van der Waals surface area contributed by atoms with Crippen LogP contribution in [0.5, 0.6) is 0 Å². The number of nitrogens with two attached hydrogens (primary N) is 1. The van der Waals surface area contributed by atoms with Crippen LogP contribution in [0.4, 0.5) is 0 Å². The summed E-state index contributed by atoms with van der Waals surface area (Å²) in [7, 11) is 1.71. The Hall–Kier alpha value is -0.545. The third-order valence-electron chi connectivity index (χ3n) is 1.69. The Balaban J connectivity index is 2.12. The molecule has 0 bridgehead atoms. The largest absolute Gasteiger partial charge is 0.428 e. The third-order valence-corrected chi connectivity index (χ3v) is 1.69. The molecule has 0 saturated carbocycles. The quantitative estimate of drug-likeness (QED) is 0.415. The van der Waals surface area contributed by atoms with Crippen molar-refractivity contribution < 1.29 is 9.45 Å². The molecule has 1 radical (unpaired) electrons. The molecule has 1 atom stereocenters. The van der Waals surface area contributed by atoms with E-state index >= 15 is 0 Å². The van der Waals surface area contributed by atoms with Gasteiger partial charge in [-0.25, -0.2) is 0 Å². The zero-order valence-electron chi connectivity index (χ0n) is 6.38. The van der Waals surface area contributed by atoms with E-state index in [1.807, 2.05) is 0 Å². The van der Waals surface area contributed by atoms with Crippen LogP contribution in [0.1, 0.15) is 12.8 Å². The summed E-state index contributed by atoms with van der Waals surface area (Å²) >= 11 is 0. The van der Waals surface area contributed by atoms with Crippen molar-refractivity contribution in [2.24, 2.45) is 5.73 Å². The predicted molar refractivity (Wildman–Crippen MR) is 41.9 cm³/mol. The highest BCUT2D eigenvalue weighted by atomic mass is 16.4. The lowest BCUT2D eigenvalue weighted by Gasteiger charge is -2.20. The molecule has 1 rings (SSSR count). The molecule has 11 heavy (non-hydrogen) atoms. The van der Waals surface area contributed by atoms with Gasteiger partial charge in [0.15, 0.2) is 0 Å². The summed E-state index contributed by atoms with van der Waals surface area (Å²) in [6.07, 6.45) is 1.46. The van der Waals surface area contributed by atoms with Crippen molar-refractivity contribution in [3.63, 3.8) is 0 Å². The van der Waals surface area contributed by atoms with E-state index in [0.29, 0.717) is 18.8 Å². The second kappa shape index (κ2) is 4.36. The summed E-state index contributed by atoms with van der Waals surface area (Å²) < 4.78 is 4.91. The Morgan fingerprint density at radius 1 is 1.82 bits per heavy atom.